The Bertz CT molecular complexity index is 364. The summed E-state index contributed by atoms with van der Waals surface area (Å²) >= 11 is 0. The summed E-state index contributed by atoms with van der Waals surface area (Å²) in [6, 6.07) is 4.04. The Hall–Kier alpha value is -1.12. The molecule has 1 fully saturated rings. The Balaban J connectivity index is 1.95. The highest BCUT2D eigenvalue weighted by molar-refractivity contribution is 5.33. The van der Waals surface area contributed by atoms with E-state index in [0.717, 1.165) is 24.0 Å². The number of nitrogens with zero attached hydrogens (tertiary/aromatic N) is 2. The zero-order valence-corrected chi connectivity index (χ0v) is 11.9. The Morgan fingerprint density at radius 2 is 1.94 bits per heavy atom. The first-order valence-electron chi connectivity index (χ1n) is 7.14. The number of anilines is 1. The molecule has 3 heteroatoms. The minimum atomic E-state index is 0.487. The second kappa shape index (κ2) is 5.68. The first-order chi connectivity index (χ1) is 8.60. The fourth-order valence-electron chi connectivity index (χ4n) is 3.22. The number of hydrogen-bond donors (Lipinski definition) is 1. The zero-order chi connectivity index (χ0) is 13.0. The summed E-state index contributed by atoms with van der Waals surface area (Å²) in [4.78, 5) is 0. The molecular formula is C15H25N3. The van der Waals surface area contributed by atoms with Gasteiger partial charge in [-0.15, -0.1) is 5.10 Å². The van der Waals surface area contributed by atoms with Crippen molar-refractivity contribution < 1.29 is 0 Å². The van der Waals surface area contributed by atoms with Gasteiger partial charge in [-0.25, -0.2) is 0 Å². The van der Waals surface area contributed by atoms with Crippen molar-refractivity contribution in [3.05, 3.63) is 17.8 Å². The molecule has 0 atom stereocenters. The van der Waals surface area contributed by atoms with E-state index in [4.69, 9.17) is 0 Å². The maximum absolute atomic E-state index is 4.19. The lowest BCUT2D eigenvalue weighted by molar-refractivity contribution is 0.252. The monoisotopic (exact) mass is 247 g/mol. The van der Waals surface area contributed by atoms with E-state index in [1.165, 1.54) is 32.1 Å². The van der Waals surface area contributed by atoms with E-state index in [1.54, 1.807) is 0 Å². The van der Waals surface area contributed by atoms with Gasteiger partial charge in [0.25, 0.3) is 0 Å². The second-order valence-electron chi connectivity index (χ2n) is 6.22. The largest absolute Gasteiger partial charge is 0.368 e. The van der Waals surface area contributed by atoms with Gasteiger partial charge in [-0.3, -0.25) is 0 Å². The van der Waals surface area contributed by atoms with E-state index < -0.39 is 0 Å². The van der Waals surface area contributed by atoms with Crippen molar-refractivity contribution in [1.29, 1.82) is 0 Å². The molecule has 18 heavy (non-hydrogen) atoms. The van der Waals surface area contributed by atoms with E-state index in [0.29, 0.717) is 5.41 Å². The molecule has 0 radical (unpaired) electrons. The maximum Gasteiger partial charge on any atom is 0.148 e. The van der Waals surface area contributed by atoms with E-state index >= 15 is 0 Å². The van der Waals surface area contributed by atoms with Crippen molar-refractivity contribution in [3.63, 3.8) is 0 Å². The van der Waals surface area contributed by atoms with Crippen molar-refractivity contribution in [2.75, 3.05) is 11.9 Å². The van der Waals surface area contributed by atoms with Crippen LogP contribution in [0.2, 0.25) is 0 Å². The SMILES string of the molecule is Cc1ccc(NCC2(CC(C)C)CCCC2)nn1. The van der Waals surface area contributed by atoms with Gasteiger partial charge in [0, 0.05) is 6.54 Å². The number of rotatable bonds is 5. The summed E-state index contributed by atoms with van der Waals surface area (Å²) in [5.41, 5.74) is 1.46. The molecule has 0 unspecified atom stereocenters. The van der Waals surface area contributed by atoms with Gasteiger partial charge in [-0.2, -0.15) is 5.10 Å². The highest BCUT2D eigenvalue weighted by atomic mass is 15.2. The van der Waals surface area contributed by atoms with Gasteiger partial charge in [0.1, 0.15) is 5.82 Å². The van der Waals surface area contributed by atoms with Crippen LogP contribution in [0.5, 0.6) is 0 Å². The Kier molecular flexibility index (Phi) is 4.20. The highest BCUT2D eigenvalue weighted by Crippen LogP contribution is 2.43. The standard InChI is InChI=1S/C15H25N3/c1-12(2)10-15(8-4-5-9-15)11-16-14-7-6-13(3)17-18-14/h6-7,12H,4-5,8-11H2,1-3H3,(H,16,18). The first kappa shape index (κ1) is 13.3. The molecule has 0 bridgehead atoms. The lowest BCUT2D eigenvalue weighted by Gasteiger charge is -2.31. The molecule has 3 nitrogen and oxygen atoms in total. The van der Waals surface area contributed by atoms with Gasteiger partial charge >= 0.3 is 0 Å². The molecule has 1 aromatic rings. The minimum absolute atomic E-state index is 0.487. The van der Waals surface area contributed by atoms with Gasteiger partial charge < -0.3 is 5.32 Å². The molecule has 1 N–H and O–H groups in total. The molecule has 0 spiro atoms. The molecule has 0 amide bonds. The molecular weight excluding hydrogens is 222 g/mol. The number of nitrogens with one attached hydrogen (secondary N) is 1. The summed E-state index contributed by atoms with van der Waals surface area (Å²) in [5.74, 6) is 1.68. The summed E-state index contributed by atoms with van der Waals surface area (Å²) in [7, 11) is 0. The molecule has 1 aromatic heterocycles. The van der Waals surface area contributed by atoms with Crippen molar-refractivity contribution in [2.24, 2.45) is 11.3 Å². The van der Waals surface area contributed by atoms with Crippen molar-refractivity contribution in [3.8, 4) is 0 Å². The number of aromatic nitrogens is 2. The van der Waals surface area contributed by atoms with Gasteiger partial charge in [-0.1, -0.05) is 26.7 Å². The fourth-order valence-corrected chi connectivity index (χ4v) is 3.22. The lowest BCUT2D eigenvalue weighted by atomic mass is 9.78. The molecule has 0 aliphatic heterocycles. The quantitative estimate of drug-likeness (QED) is 0.860. The van der Waals surface area contributed by atoms with Crippen LogP contribution >= 0.6 is 0 Å². The molecule has 2 rings (SSSR count). The normalized spacial score (nSPS) is 18.2. The van der Waals surface area contributed by atoms with Crippen molar-refractivity contribution in [2.45, 2.75) is 52.9 Å². The predicted molar refractivity (Wildman–Crippen MR) is 75.6 cm³/mol. The van der Waals surface area contributed by atoms with Gasteiger partial charge in [0.05, 0.1) is 5.69 Å². The predicted octanol–water partition coefficient (Wildman–Crippen LogP) is 3.80. The highest BCUT2D eigenvalue weighted by Gasteiger charge is 2.34. The average molecular weight is 247 g/mol. The molecule has 100 valence electrons. The molecule has 1 aliphatic rings. The molecule has 0 saturated heterocycles. The third-order valence-corrected chi connectivity index (χ3v) is 3.95. The Morgan fingerprint density at radius 1 is 1.22 bits per heavy atom. The fraction of sp³-hybridized carbons (Fsp3) is 0.733. The van der Waals surface area contributed by atoms with Crippen LogP contribution < -0.4 is 5.32 Å². The third kappa shape index (κ3) is 3.44. The number of aryl methyl sites for hydroxylation is 1. The zero-order valence-electron chi connectivity index (χ0n) is 11.9. The summed E-state index contributed by atoms with van der Waals surface area (Å²) in [6.07, 6.45) is 6.80. The van der Waals surface area contributed by atoms with Crippen LogP contribution in [0.1, 0.15) is 51.6 Å². The van der Waals surface area contributed by atoms with E-state index in [2.05, 4.69) is 29.4 Å². The minimum Gasteiger partial charge on any atom is -0.368 e. The Morgan fingerprint density at radius 3 is 2.50 bits per heavy atom. The molecule has 1 saturated carbocycles. The van der Waals surface area contributed by atoms with Gasteiger partial charge in [0.15, 0.2) is 0 Å². The first-order valence-corrected chi connectivity index (χ1v) is 7.14. The molecule has 0 aromatic carbocycles. The van der Waals surface area contributed by atoms with Crippen molar-refractivity contribution in [1.82, 2.24) is 10.2 Å². The van der Waals surface area contributed by atoms with Crippen LogP contribution in [-0.2, 0) is 0 Å². The van der Waals surface area contributed by atoms with Crippen LogP contribution in [0.4, 0.5) is 5.82 Å². The van der Waals surface area contributed by atoms with Crippen molar-refractivity contribution >= 4 is 5.82 Å². The van der Waals surface area contributed by atoms with Crippen LogP contribution in [-0.4, -0.2) is 16.7 Å². The van der Waals surface area contributed by atoms with Crippen LogP contribution in [0.3, 0.4) is 0 Å². The van der Waals surface area contributed by atoms with E-state index in [1.807, 2.05) is 19.1 Å². The second-order valence-corrected chi connectivity index (χ2v) is 6.22. The van der Waals surface area contributed by atoms with Gasteiger partial charge in [0.2, 0.25) is 0 Å². The summed E-state index contributed by atoms with van der Waals surface area (Å²) in [5, 5.41) is 11.8. The lowest BCUT2D eigenvalue weighted by Crippen LogP contribution is -2.28. The van der Waals surface area contributed by atoms with Crippen LogP contribution in [0, 0.1) is 18.3 Å². The van der Waals surface area contributed by atoms with E-state index in [-0.39, 0.29) is 0 Å². The molecule has 1 heterocycles. The molecule has 1 aliphatic carbocycles. The summed E-state index contributed by atoms with van der Waals surface area (Å²) < 4.78 is 0. The van der Waals surface area contributed by atoms with Crippen LogP contribution in [0.15, 0.2) is 12.1 Å². The maximum atomic E-state index is 4.19. The van der Waals surface area contributed by atoms with Crippen LogP contribution in [0.25, 0.3) is 0 Å². The Labute approximate surface area is 110 Å². The van der Waals surface area contributed by atoms with Gasteiger partial charge in [-0.05, 0) is 49.7 Å². The van der Waals surface area contributed by atoms with E-state index in [9.17, 15) is 0 Å². The third-order valence-electron chi connectivity index (χ3n) is 3.95. The number of hydrogen-bond acceptors (Lipinski definition) is 3. The topological polar surface area (TPSA) is 37.8 Å². The smallest absolute Gasteiger partial charge is 0.148 e. The average Bonchev–Trinajstić information content (AvgIpc) is 2.76. The summed E-state index contributed by atoms with van der Waals surface area (Å²) in [6.45, 7) is 7.66.